The van der Waals surface area contributed by atoms with Gasteiger partial charge >= 0.3 is 11.8 Å². The lowest BCUT2D eigenvalue weighted by atomic mass is 9.99. The van der Waals surface area contributed by atoms with Gasteiger partial charge in [0.05, 0.1) is 25.4 Å². The fourth-order valence-corrected chi connectivity index (χ4v) is 8.10. The summed E-state index contributed by atoms with van der Waals surface area (Å²) in [4.78, 5) is 30.0. The summed E-state index contributed by atoms with van der Waals surface area (Å²) in [5.74, 6) is 0. The second-order valence-electron chi connectivity index (χ2n) is 18.3. The summed E-state index contributed by atoms with van der Waals surface area (Å²) in [5.41, 5.74) is -0.889. The van der Waals surface area contributed by atoms with E-state index < -0.39 is 60.7 Å². The molecule has 60 heavy (non-hydrogen) atoms. The Balaban J connectivity index is 1.37. The van der Waals surface area contributed by atoms with E-state index in [4.69, 9.17) is 14.2 Å². The molecule has 2 saturated heterocycles. The maximum Gasteiger partial charge on any atom is 0.410 e. The first-order valence-electron chi connectivity index (χ1n) is 23.7. The number of aryl methyl sites for hydroxylation is 1. The highest BCUT2D eigenvalue weighted by Crippen LogP contribution is 2.25. The fourth-order valence-electron chi connectivity index (χ4n) is 8.10. The SMILES string of the molecule is CCCCCCCCCCCCCC[C@@H](O)C[C@H](COC1OC(CO)C(O)C(O)C1O)n1nnn(CCCCCCCCCCN2CCN(C(=O)OC(C)(C)C)CC2)c1=O. The summed E-state index contributed by atoms with van der Waals surface area (Å²) in [6, 6.07) is -0.729. The van der Waals surface area contributed by atoms with Crippen molar-refractivity contribution >= 4 is 6.09 Å². The molecule has 0 aromatic carbocycles. The van der Waals surface area contributed by atoms with Gasteiger partial charge in [0.1, 0.15) is 30.0 Å². The molecule has 2 fully saturated rings. The van der Waals surface area contributed by atoms with Gasteiger partial charge in [0.15, 0.2) is 6.29 Å². The summed E-state index contributed by atoms with van der Waals surface area (Å²) in [5, 5.41) is 59.9. The van der Waals surface area contributed by atoms with Crippen LogP contribution < -0.4 is 5.69 Å². The highest BCUT2D eigenvalue weighted by Gasteiger charge is 2.44. The third kappa shape index (κ3) is 19.9. The van der Waals surface area contributed by atoms with Gasteiger partial charge in [-0.15, -0.1) is 0 Å². The molecule has 0 spiro atoms. The Hall–Kier alpha value is -2.18. The maximum atomic E-state index is 13.5. The number of carbonyl (C=O) groups excluding carboxylic acids is 1. The van der Waals surface area contributed by atoms with E-state index in [1.165, 1.54) is 86.4 Å². The van der Waals surface area contributed by atoms with Crippen LogP contribution in [0.15, 0.2) is 4.79 Å². The number of amides is 1. The lowest BCUT2D eigenvalue weighted by Crippen LogP contribution is -2.59. The highest BCUT2D eigenvalue weighted by atomic mass is 16.7. The Morgan fingerprint density at radius 2 is 1.28 bits per heavy atom. The van der Waals surface area contributed by atoms with Crippen LogP contribution in [0.1, 0.15) is 175 Å². The highest BCUT2D eigenvalue weighted by molar-refractivity contribution is 5.68. The molecule has 1 aromatic heterocycles. The molecular formula is C44H84N6O10. The zero-order chi connectivity index (χ0) is 43.8. The second-order valence-corrected chi connectivity index (χ2v) is 18.3. The van der Waals surface area contributed by atoms with Crippen molar-refractivity contribution in [2.75, 3.05) is 45.9 Å². The summed E-state index contributed by atoms with van der Waals surface area (Å²) < 4.78 is 19.4. The minimum Gasteiger partial charge on any atom is -0.444 e. The molecule has 16 heteroatoms. The Morgan fingerprint density at radius 1 is 0.750 bits per heavy atom. The van der Waals surface area contributed by atoms with E-state index in [0.717, 1.165) is 71.0 Å². The number of unbranched alkanes of at least 4 members (excludes halogenated alkanes) is 18. The summed E-state index contributed by atoms with van der Waals surface area (Å²) in [7, 11) is 0. The maximum absolute atomic E-state index is 13.5. The Bertz CT molecular complexity index is 1320. The molecule has 2 aliphatic heterocycles. The molecular weight excluding hydrogens is 773 g/mol. The fraction of sp³-hybridized carbons (Fsp3) is 0.955. The van der Waals surface area contributed by atoms with Crippen LogP contribution in [0.5, 0.6) is 0 Å². The van der Waals surface area contributed by atoms with Crippen molar-refractivity contribution in [1.82, 2.24) is 29.6 Å². The van der Waals surface area contributed by atoms with E-state index >= 15 is 0 Å². The third-order valence-corrected chi connectivity index (χ3v) is 11.9. The van der Waals surface area contributed by atoms with Gasteiger partial charge in [-0.3, -0.25) is 4.90 Å². The van der Waals surface area contributed by atoms with Gasteiger partial charge in [0.2, 0.25) is 0 Å². The number of aliphatic hydroxyl groups excluding tert-OH is 5. The predicted molar refractivity (Wildman–Crippen MR) is 231 cm³/mol. The largest absolute Gasteiger partial charge is 0.444 e. The smallest absolute Gasteiger partial charge is 0.410 e. The Kier molecular flexibility index (Phi) is 25.4. The van der Waals surface area contributed by atoms with E-state index in [0.29, 0.717) is 26.1 Å². The van der Waals surface area contributed by atoms with Crippen molar-refractivity contribution in [3.63, 3.8) is 0 Å². The molecule has 1 aromatic rings. The van der Waals surface area contributed by atoms with Gasteiger partial charge in [-0.25, -0.2) is 9.59 Å². The minimum atomic E-state index is -1.59. The molecule has 16 nitrogen and oxygen atoms in total. The van der Waals surface area contributed by atoms with E-state index in [2.05, 4.69) is 22.3 Å². The van der Waals surface area contributed by atoms with Crippen molar-refractivity contribution in [3.05, 3.63) is 10.5 Å². The number of rotatable bonds is 31. The van der Waals surface area contributed by atoms with E-state index in [1.54, 1.807) is 4.90 Å². The predicted octanol–water partition coefficient (Wildman–Crippen LogP) is 5.31. The van der Waals surface area contributed by atoms with Gasteiger partial charge in [0, 0.05) is 32.7 Å². The van der Waals surface area contributed by atoms with Crippen LogP contribution in [0, 0.1) is 0 Å². The van der Waals surface area contributed by atoms with Gasteiger partial charge in [-0.2, -0.15) is 9.36 Å². The third-order valence-electron chi connectivity index (χ3n) is 11.9. The van der Waals surface area contributed by atoms with E-state index in [-0.39, 0.29) is 19.1 Å². The molecule has 3 rings (SSSR count). The monoisotopic (exact) mass is 857 g/mol. The van der Waals surface area contributed by atoms with Gasteiger partial charge in [0.25, 0.3) is 0 Å². The molecule has 1 amide bonds. The molecule has 0 radical (unpaired) electrons. The molecule has 0 saturated carbocycles. The second kappa shape index (κ2) is 29.2. The number of hydrogen-bond acceptors (Lipinski definition) is 13. The van der Waals surface area contributed by atoms with Crippen molar-refractivity contribution in [3.8, 4) is 0 Å². The van der Waals surface area contributed by atoms with Crippen molar-refractivity contribution in [2.45, 2.75) is 224 Å². The summed E-state index contributed by atoms with van der Waals surface area (Å²) >= 11 is 0. The zero-order valence-corrected chi connectivity index (χ0v) is 37.7. The molecule has 350 valence electrons. The van der Waals surface area contributed by atoms with Crippen LogP contribution in [-0.4, -0.2) is 150 Å². The zero-order valence-electron chi connectivity index (χ0n) is 37.7. The van der Waals surface area contributed by atoms with Crippen LogP contribution in [0.4, 0.5) is 4.79 Å². The molecule has 5 N–H and O–H groups in total. The van der Waals surface area contributed by atoms with Crippen molar-refractivity contribution in [2.24, 2.45) is 0 Å². The van der Waals surface area contributed by atoms with Crippen LogP contribution in [0.25, 0.3) is 0 Å². The average molecular weight is 857 g/mol. The minimum absolute atomic E-state index is 0.165. The molecule has 7 atom stereocenters. The lowest BCUT2D eigenvalue weighted by molar-refractivity contribution is -0.303. The number of nitrogens with zero attached hydrogens (tertiary/aromatic N) is 6. The first-order chi connectivity index (χ1) is 28.8. The normalized spacial score (nSPS) is 22.6. The number of aliphatic hydroxyl groups is 5. The molecule has 5 unspecified atom stereocenters. The number of carbonyl (C=O) groups is 1. The average Bonchev–Trinajstić information content (AvgIpc) is 3.58. The standard InChI is InChI=1S/C44H84N6O10/c1-5-6-7-8-9-10-11-12-13-16-19-22-25-36(52)32-35(34-58-41-40(55)39(54)38(53)37(33-51)59-41)50-42(56)49(45-46-50)27-24-21-18-15-14-17-20-23-26-47-28-30-48(31-29-47)43(57)60-44(2,3)4/h35-41,51-55H,5-34H2,1-4H3/t35-,36-,37?,38?,39?,40?,41?/m1/s1. The number of piperazine rings is 1. The molecule has 0 aliphatic carbocycles. The topological polar surface area (TPSA) is 205 Å². The van der Waals surface area contributed by atoms with Crippen LogP contribution >= 0.6 is 0 Å². The first kappa shape index (κ1) is 52.2. The lowest BCUT2D eigenvalue weighted by Gasteiger charge is -2.40. The van der Waals surface area contributed by atoms with Crippen LogP contribution in [0.3, 0.4) is 0 Å². The summed E-state index contributed by atoms with van der Waals surface area (Å²) in [6.07, 6.45) is 15.9. The van der Waals surface area contributed by atoms with E-state index in [1.807, 2.05) is 20.8 Å². The summed E-state index contributed by atoms with van der Waals surface area (Å²) in [6.45, 7) is 11.8. The van der Waals surface area contributed by atoms with E-state index in [9.17, 15) is 35.1 Å². The van der Waals surface area contributed by atoms with Crippen molar-refractivity contribution < 1.29 is 44.5 Å². The number of ether oxygens (including phenoxy) is 3. The quantitative estimate of drug-likeness (QED) is 0.0602. The molecule has 2 aliphatic rings. The number of aromatic nitrogens is 4. The molecule has 3 heterocycles. The van der Waals surface area contributed by atoms with Gasteiger partial charge < -0.3 is 44.6 Å². The number of tetrazole rings is 1. The Morgan fingerprint density at radius 3 is 1.83 bits per heavy atom. The van der Waals surface area contributed by atoms with Gasteiger partial charge in [-0.05, 0) is 63.4 Å². The van der Waals surface area contributed by atoms with Crippen molar-refractivity contribution in [1.29, 1.82) is 0 Å². The van der Waals surface area contributed by atoms with Crippen LogP contribution in [-0.2, 0) is 20.8 Å². The Labute approximate surface area is 359 Å². The van der Waals surface area contributed by atoms with Gasteiger partial charge in [-0.1, -0.05) is 122 Å². The van der Waals surface area contributed by atoms with Crippen LogP contribution in [0.2, 0.25) is 0 Å². The number of hydrogen-bond donors (Lipinski definition) is 5. The molecule has 0 bridgehead atoms. The first-order valence-corrected chi connectivity index (χ1v) is 23.7.